The summed E-state index contributed by atoms with van der Waals surface area (Å²) in [6.07, 6.45) is 1.84. The maximum atomic E-state index is 12.5. The van der Waals surface area contributed by atoms with Gasteiger partial charge in [0.05, 0.1) is 6.10 Å². The molecule has 0 spiro atoms. The molecule has 158 valence electrons. The fourth-order valence-electron chi connectivity index (χ4n) is 3.28. The van der Waals surface area contributed by atoms with Crippen LogP contribution in [-0.4, -0.2) is 43.6 Å². The summed E-state index contributed by atoms with van der Waals surface area (Å²) in [5.74, 6) is -0.678. The van der Waals surface area contributed by atoms with Gasteiger partial charge in [-0.05, 0) is 62.6 Å². The third kappa shape index (κ3) is 5.59. The van der Waals surface area contributed by atoms with Crippen LogP contribution in [0, 0.1) is 0 Å². The number of carbonyl (C=O) groups excluding carboxylic acids is 3. The number of amides is 2. The summed E-state index contributed by atoms with van der Waals surface area (Å²) in [5.41, 5.74) is 2.38. The maximum absolute atomic E-state index is 12.5. The number of ether oxygens (including phenoxy) is 2. The Balaban J connectivity index is 1.45. The molecule has 3 rings (SSSR count). The van der Waals surface area contributed by atoms with Crippen LogP contribution in [0.2, 0.25) is 0 Å². The van der Waals surface area contributed by atoms with Crippen molar-refractivity contribution in [3.05, 3.63) is 59.7 Å². The van der Waals surface area contributed by atoms with Gasteiger partial charge in [-0.15, -0.1) is 0 Å². The molecule has 0 fully saturated rings. The molecule has 0 bridgehead atoms. The van der Waals surface area contributed by atoms with E-state index in [4.69, 9.17) is 9.47 Å². The van der Waals surface area contributed by atoms with Crippen molar-refractivity contribution in [2.75, 3.05) is 24.6 Å². The first-order chi connectivity index (χ1) is 14.4. The topological polar surface area (TPSA) is 84.9 Å². The number of nitrogens with one attached hydrogen (secondary N) is 1. The van der Waals surface area contributed by atoms with E-state index < -0.39 is 11.9 Å². The van der Waals surface area contributed by atoms with E-state index in [1.807, 2.05) is 38.1 Å². The molecule has 1 aliphatic heterocycles. The number of hydrogen-bond acceptors (Lipinski definition) is 5. The molecule has 2 amide bonds. The number of hydrogen-bond donors (Lipinski definition) is 1. The van der Waals surface area contributed by atoms with Crippen LogP contribution in [0.1, 0.15) is 36.2 Å². The van der Waals surface area contributed by atoms with E-state index in [2.05, 4.69) is 5.32 Å². The molecule has 30 heavy (non-hydrogen) atoms. The zero-order chi connectivity index (χ0) is 21.5. The summed E-state index contributed by atoms with van der Waals surface area (Å²) in [4.78, 5) is 38.3. The van der Waals surface area contributed by atoms with Gasteiger partial charge in [-0.25, -0.2) is 0 Å². The van der Waals surface area contributed by atoms with Crippen molar-refractivity contribution < 1.29 is 23.9 Å². The van der Waals surface area contributed by atoms with Crippen LogP contribution in [0.5, 0.6) is 5.75 Å². The monoisotopic (exact) mass is 410 g/mol. The Bertz CT molecular complexity index is 908. The quantitative estimate of drug-likeness (QED) is 0.710. The summed E-state index contributed by atoms with van der Waals surface area (Å²) < 4.78 is 10.6. The van der Waals surface area contributed by atoms with Crippen molar-refractivity contribution >= 4 is 23.5 Å². The highest BCUT2D eigenvalue weighted by atomic mass is 16.5. The van der Waals surface area contributed by atoms with Crippen molar-refractivity contribution in [1.82, 2.24) is 5.32 Å². The van der Waals surface area contributed by atoms with Gasteiger partial charge in [0.1, 0.15) is 12.3 Å². The zero-order valence-electron chi connectivity index (χ0n) is 17.2. The van der Waals surface area contributed by atoms with Gasteiger partial charge >= 0.3 is 5.97 Å². The van der Waals surface area contributed by atoms with Gasteiger partial charge in [-0.3, -0.25) is 14.4 Å². The van der Waals surface area contributed by atoms with Gasteiger partial charge in [0, 0.05) is 17.8 Å². The first-order valence-electron chi connectivity index (χ1n) is 10.0. The molecule has 7 nitrogen and oxygen atoms in total. The number of para-hydroxylation sites is 1. The second-order valence-corrected chi connectivity index (χ2v) is 7.31. The molecular formula is C23H26N2O5. The van der Waals surface area contributed by atoms with E-state index in [1.54, 1.807) is 29.2 Å². The number of fused-ring (bicyclic) bond motifs is 1. The van der Waals surface area contributed by atoms with Crippen molar-refractivity contribution in [2.45, 2.75) is 32.8 Å². The minimum atomic E-state index is -0.665. The van der Waals surface area contributed by atoms with E-state index in [0.717, 1.165) is 24.1 Å². The van der Waals surface area contributed by atoms with Crippen molar-refractivity contribution in [2.24, 2.45) is 0 Å². The Morgan fingerprint density at radius 2 is 1.80 bits per heavy atom. The largest absolute Gasteiger partial charge is 0.491 e. The lowest BCUT2D eigenvalue weighted by Crippen LogP contribution is -2.39. The number of esters is 1. The smallest absolute Gasteiger partial charge is 0.325 e. The second kappa shape index (κ2) is 9.91. The van der Waals surface area contributed by atoms with Crippen LogP contribution in [0.15, 0.2) is 48.5 Å². The van der Waals surface area contributed by atoms with Crippen LogP contribution in [-0.2, 0) is 20.7 Å². The van der Waals surface area contributed by atoms with Gasteiger partial charge in [-0.1, -0.05) is 18.2 Å². The van der Waals surface area contributed by atoms with Gasteiger partial charge in [0.2, 0.25) is 0 Å². The van der Waals surface area contributed by atoms with E-state index in [1.165, 1.54) is 0 Å². The summed E-state index contributed by atoms with van der Waals surface area (Å²) in [6.45, 7) is 3.76. The highest BCUT2D eigenvalue weighted by Gasteiger charge is 2.23. The minimum Gasteiger partial charge on any atom is -0.491 e. The average molecular weight is 410 g/mol. The standard InChI is InChI=1S/C23H26N2O5/c1-16(2)30-19-11-9-18(10-12-19)23(28)24-14-22(27)29-15-21(26)25-13-5-7-17-6-3-4-8-20(17)25/h3-4,6,8-12,16H,5,7,13-15H2,1-2H3,(H,24,28). The minimum absolute atomic E-state index is 0.0422. The van der Waals surface area contributed by atoms with Gasteiger partial charge in [-0.2, -0.15) is 0 Å². The molecule has 1 N–H and O–H groups in total. The molecule has 0 unspecified atom stereocenters. The van der Waals surface area contributed by atoms with Crippen LogP contribution in [0.4, 0.5) is 5.69 Å². The van der Waals surface area contributed by atoms with Gasteiger partial charge in [0.15, 0.2) is 6.61 Å². The van der Waals surface area contributed by atoms with E-state index in [0.29, 0.717) is 17.9 Å². The first-order valence-corrected chi connectivity index (χ1v) is 10.0. The molecule has 1 heterocycles. The molecule has 2 aromatic carbocycles. The lowest BCUT2D eigenvalue weighted by atomic mass is 10.0. The number of anilines is 1. The molecule has 1 aliphatic rings. The number of nitrogens with zero attached hydrogens (tertiary/aromatic N) is 1. The predicted octanol–water partition coefficient (Wildman–Crippen LogP) is 2.73. The number of carbonyl (C=O) groups is 3. The molecule has 0 radical (unpaired) electrons. The molecule has 0 atom stereocenters. The number of rotatable bonds is 7. The Hall–Kier alpha value is -3.35. The van der Waals surface area contributed by atoms with E-state index in [9.17, 15) is 14.4 Å². The molecular weight excluding hydrogens is 384 g/mol. The normalized spacial score (nSPS) is 12.8. The SMILES string of the molecule is CC(C)Oc1ccc(C(=O)NCC(=O)OCC(=O)N2CCCc3ccccc32)cc1. The highest BCUT2D eigenvalue weighted by molar-refractivity contribution is 5.97. The molecule has 0 saturated carbocycles. The number of aryl methyl sites for hydroxylation is 1. The Morgan fingerprint density at radius 1 is 1.07 bits per heavy atom. The summed E-state index contributed by atoms with van der Waals surface area (Å²) in [6, 6.07) is 14.4. The van der Waals surface area contributed by atoms with E-state index in [-0.39, 0.29) is 25.2 Å². The maximum Gasteiger partial charge on any atom is 0.325 e. The zero-order valence-corrected chi connectivity index (χ0v) is 17.2. The molecule has 7 heteroatoms. The summed E-state index contributed by atoms with van der Waals surface area (Å²) in [5, 5.41) is 2.50. The third-order valence-corrected chi connectivity index (χ3v) is 4.65. The summed E-state index contributed by atoms with van der Waals surface area (Å²) in [7, 11) is 0. The van der Waals surface area contributed by atoms with Crippen LogP contribution >= 0.6 is 0 Å². The first kappa shape index (κ1) is 21.4. The van der Waals surface area contributed by atoms with Crippen LogP contribution < -0.4 is 15.0 Å². The summed E-state index contributed by atoms with van der Waals surface area (Å²) >= 11 is 0. The van der Waals surface area contributed by atoms with Gasteiger partial charge < -0.3 is 19.7 Å². The average Bonchev–Trinajstić information content (AvgIpc) is 2.75. The lowest BCUT2D eigenvalue weighted by molar-refractivity contribution is -0.146. The van der Waals surface area contributed by atoms with Crippen molar-refractivity contribution in [1.29, 1.82) is 0 Å². The fraction of sp³-hybridized carbons (Fsp3) is 0.348. The molecule has 0 aromatic heterocycles. The Morgan fingerprint density at radius 3 is 2.53 bits per heavy atom. The second-order valence-electron chi connectivity index (χ2n) is 7.31. The predicted molar refractivity (Wildman–Crippen MR) is 113 cm³/mol. The number of benzene rings is 2. The molecule has 0 saturated heterocycles. The molecule has 0 aliphatic carbocycles. The Kier molecular flexibility index (Phi) is 7.06. The fourth-order valence-corrected chi connectivity index (χ4v) is 3.28. The highest BCUT2D eigenvalue weighted by Crippen LogP contribution is 2.26. The molecule has 2 aromatic rings. The van der Waals surface area contributed by atoms with Crippen molar-refractivity contribution in [3.63, 3.8) is 0 Å². The Labute approximate surface area is 176 Å². The third-order valence-electron chi connectivity index (χ3n) is 4.65. The van der Waals surface area contributed by atoms with Crippen molar-refractivity contribution in [3.8, 4) is 5.75 Å². The van der Waals surface area contributed by atoms with Crippen LogP contribution in [0.25, 0.3) is 0 Å². The van der Waals surface area contributed by atoms with Gasteiger partial charge in [0.25, 0.3) is 11.8 Å². The van der Waals surface area contributed by atoms with E-state index >= 15 is 0 Å². The lowest BCUT2D eigenvalue weighted by Gasteiger charge is -2.29. The van der Waals surface area contributed by atoms with Crippen LogP contribution in [0.3, 0.4) is 0 Å².